The second-order valence-corrected chi connectivity index (χ2v) is 13.7. The van der Waals surface area contributed by atoms with Gasteiger partial charge in [0.05, 0.1) is 11.9 Å². The van der Waals surface area contributed by atoms with Crippen LogP contribution in [0.2, 0.25) is 0 Å². The topological polar surface area (TPSA) is 92.3 Å². The Hall–Kier alpha value is -2.78. The molecule has 2 aromatic carbocycles. The fourth-order valence-electron chi connectivity index (χ4n) is 7.11. The lowest BCUT2D eigenvalue weighted by Gasteiger charge is -2.57. The molecule has 4 fully saturated rings. The molecule has 7 nitrogen and oxygen atoms in total. The average molecular weight is 523 g/mol. The van der Waals surface area contributed by atoms with E-state index in [0.717, 1.165) is 33.9 Å². The van der Waals surface area contributed by atoms with Gasteiger partial charge in [0.2, 0.25) is 21.1 Å². The lowest BCUT2D eigenvalue weighted by Crippen LogP contribution is -2.48. The van der Waals surface area contributed by atoms with E-state index in [0.29, 0.717) is 15.8 Å². The van der Waals surface area contributed by atoms with E-state index in [2.05, 4.69) is 27.6 Å². The third-order valence-corrected chi connectivity index (χ3v) is 10.2. The van der Waals surface area contributed by atoms with Gasteiger partial charge in [-0.2, -0.15) is 0 Å². The molecular weight excluding hydrogens is 492 g/mol. The monoisotopic (exact) mass is 522 g/mol. The second kappa shape index (κ2) is 8.95. The summed E-state index contributed by atoms with van der Waals surface area (Å²) in [7, 11) is -3.66. The van der Waals surface area contributed by atoms with Gasteiger partial charge >= 0.3 is 0 Å². The third-order valence-electron chi connectivity index (χ3n) is 8.19. The summed E-state index contributed by atoms with van der Waals surface area (Å²) in [6.07, 6.45) is 9.04. The second-order valence-electron chi connectivity index (χ2n) is 10.8. The fourth-order valence-corrected chi connectivity index (χ4v) is 8.73. The van der Waals surface area contributed by atoms with Crippen LogP contribution < -0.4 is 9.62 Å². The molecule has 4 aliphatic carbocycles. The summed E-state index contributed by atoms with van der Waals surface area (Å²) in [5.74, 6) is 2.07. The Balaban J connectivity index is 1.17. The van der Waals surface area contributed by atoms with Crippen LogP contribution in [-0.2, 0) is 20.2 Å². The minimum atomic E-state index is -3.66. The lowest BCUT2D eigenvalue weighted by atomic mass is 9.48. The van der Waals surface area contributed by atoms with Crippen LogP contribution in [0.3, 0.4) is 0 Å². The summed E-state index contributed by atoms with van der Waals surface area (Å²) in [6.45, 7) is -0.324. The highest BCUT2D eigenvalue weighted by molar-refractivity contribution is 7.92. The Morgan fingerprint density at radius 2 is 1.58 bits per heavy atom. The summed E-state index contributed by atoms with van der Waals surface area (Å²) in [5, 5.41) is 11.9. The molecule has 0 radical (unpaired) electrons. The number of nitrogens with one attached hydrogen (secondary N) is 1. The zero-order valence-corrected chi connectivity index (χ0v) is 21.9. The van der Waals surface area contributed by atoms with Gasteiger partial charge < -0.3 is 0 Å². The number of benzene rings is 2. The highest BCUT2D eigenvalue weighted by atomic mass is 32.2. The van der Waals surface area contributed by atoms with Gasteiger partial charge in [-0.05, 0) is 79.4 Å². The molecule has 7 rings (SSSR count). The minimum absolute atomic E-state index is 0.245. The summed E-state index contributed by atoms with van der Waals surface area (Å²) in [5.41, 5.74) is 2.98. The van der Waals surface area contributed by atoms with Crippen molar-refractivity contribution in [1.29, 1.82) is 0 Å². The molecule has 0 unspecified atom stereocenters. The maximum Gasteiger partial charge on any atom is 0.246 e. The molecule has 0 spiro atoms. The van der Waals surface area contributed by atoms with Crippen molar-refractivity contribution < 1.29 is 13.2 Å². The van der Waals surface area contributed by atoms with E-state index in [1.807, 2.05) is 42.5 Å². The van der Waals surface area contributed by atoms with E-state index >= 15 is 0 Å². The number of hydrogen-bond acceptors (Lipinski definition) is 6. The average Bonchev–Trinajstić information content (AvgIpc) is 3.30. The van der Waals surface area contributed by atoms with Crippen LogP contribution in [-0.4, -0.2) is 37.3 Å². The maximum absolute atomic E-state index is 12.8. The van der Waals surface area contributed by atoms with Crippen LogP contribution >= 0.6 is 11.3 Å². The number of carbonyl (C=O) groups excluding carboxylic acids is 1. The summed E-state index contributed by atoms with van der Waals surface area (Å²) >= 11 is 1.25. The normalized spacial score (nSPS) is 26.6. The number of hydrogen-bond donors (Lipinski definition) is 1. The SMILES string of the molecule is CS(=O)(=O)N(CC(=O)Nc1nnc(-c2ccccc2)s1)c1ccc(C23CC4CC(CC(C4)C2)C3)cc1. The maximum atomic E-state index is 12.8. The molecule has 4 bridgehead atoms. The first-order valence-electron chi connectivity index (χ1n) is 12.5. The van der Waals surface area contributed by atoms with E-state index < -0.39 is 15.9 Å². The first kappa shape index (κ1) is 23.6. The molecule has 1 heterocycles. The molecule has 0 aliphatic heterocycles. The lowest BCUT2D eigenvalue weighted by molar-refractivity contribution is -0.114. The van der Waals surface area contributed by atoms with Crippen molar-refractivity contribution in [3.63, 3.8) is 0 Å². The van der Waals surface area contributed by atoms with Crippen LogP contribution in [0, 0.1) is 17.8 Å². The van der Waals surface area contributed by atoms with Crippen molar-refractivity contribution in [3.8, 4) is 10.6 Å². The number of carbonyl (C=O) groups is 1. The smallest absolute Gasteiger partial charge is 0.246 e. The van der Waals surface area contributed by atoms with E-state index in [1.165, 1.54) is 55.4 Å². The molecular formula is C27H30N4O3S2. The first-order chi connectivity index (χ1) is 17.3. The molecule has 188 valence electrons. The number of anilines is 2. The molecule has 1 aromatic heterocycles. The standard InChI is InChI=1S/C27H30N4O3S2/c1-36(33,34)31(17-24(32)28-26-30-29-25(35-26)21-5-3-2-4-6-21)23-9-7-22(8-10-23)27-14-18-11-19(15-27)13-20(12-18)16-27/h2-10,18-20H,11-17H2,1H3,(H,28,30,32). The molecule has 4 aliphatic rings. The van der Waals surface area contributed by atoms with Crippen molar-refractivity contribution in [2.75, 3.05) is 22.4 Å². The van der Waals surface area contributed by atoms with Crippen molar-refractivity contribution >= 4 is 38.1 Å². The van der Waals surface area contributed by atoms with Gasteiger partial charge in [0.1, 0.15) is 11.6 Å². The third kappa shape index (κ3) is 4.54. The Morgan fingerprint density at radius 1 is 0.972 bits per heavy atom. The Morgan fingerprint density at radius 3 is 2.17 bits per heavy atom. The van der Waals surface area contributed by atoms with Gasteiger partial charge in [-0.15, -0.1) is 10.2 Å². The number of aromatic nitrogens is 2. The van der Waals surface area contributed by atoms with Crippen molar-refractivity contribution in [2.45, 2.75) is 43.9 Å². The van der Waals surface area contributed by atoms with E-state index in [4.69, 9.17) is 0 Å². The van der Waals surface area contributed by atoms with Crippen molar-refractivity contribution in [3.05, 3.63) is 60.2 Å². The predicted octanol–water partition coefficient (Wildman–Crippen LogP) is 5.08. The van der Waals surface area contributed by atoms with E-state index in [9.17, 15) is 13.2 Å². The van der Waals surface area contributed by atoms with E-state index in [-0.39, 0.29) is 12.0 Å². The van der Waals surface area contributed by atoms with Gasteiger partial charge in [0, 0.05) is 5.56 Å². The van der Waals surface area contributed by atoms with E-state index in [1.54, 1.807) is 0 Å². The van der Waals surface area contributed by atoms with Gasteiger partial charge in [-0.25, -0.2) is 8.42 Å². The number of rotatable bonds is 7. The minimum Gasteiger partial charge on any atom is -0.299 e. The van der Waals surface area contributed by atoms with Gasteiger partial charge in [-0.3, -0.25) is 14.4 Å². The van der Waals surface area contributed by atoms with Crippen LogP contribution in [0.1, 0.15) is 44.1 Å². The van der Waals surface area contributed by atoms with Crippen molar-refractivity contribution in [1.82, 2.24) is 10.2 Å². The van der Waals surface area contributed by atoms with Crippen molar-refractivity contribution in [2.24, 2.45) is 17.8 Å². The zero-order chi connectivity index (χ0) is 24.9. The number of amides is 1. The quantitative estimate of drug-likeness (QED) is 0.467. The van der Waals surface area contributed by atoms with Crippen LogP contribution in [0.5, 0.6) is 0 Å². The van der Waals surface area contributed by atoms with Gasteiger partial charge in [-0.1, -0.05) is 53.8 Å². The highest BCUT2D eigenvalue weighted by Gasteiger charge is 2.51. The fraction of sp³-hybridized carbons (Fsp3) is 0.444. The van der Waals surface area contributed by atoms with Crippen LogP contribution in [0.4, 0.5) is 10.8 Å². The molecule has 1 amide bonds. The summed E-state index contributed by atoms with van der Waals surface area (Å²) < 4.78 is 26.4. The molecule has 9 heteroatoms. The summed E-state index contributed by atoms with van der Waals surface area (Å²) in [4.78, 5) is 12.8. The highest BCUT2D eigenvalue weighted by Crippen LogP contribution is 2.60. The Bertz CT molecular complexity index is 1330. The number of nitrogens with zero attached hydrogens (tertiary/aromatic N) is 3. The zero-order valence-electron chi connectivity index (χ0n) is 20.3. The van der Waals surface area contributed by atoms with Gasteiger partial charge in [0.15, 0.2) is 0 Å². The predicted molar refractivity (Wildman–Crippen MR) is 142 cm³/mol. The molecule has 4 saturated carbocycles. The largest absolute Gasteiger partial charge is 0.299 e. The van der Waals surface area contributed by atoms with Gasteiger partial charge in [0.25, 0.3) is 0 Å². The Kier molecular flexibility index (Phi) is 5.87. The van der Waals surface area contributed by atoms with Crippen LogP contribution in [0.25, 0.3) is 10.6 Å². The molecule has 0 saturated heterocycles. The first-order valence-corrected chi connectivity index (χ1v) is 15.2. The summed E-state index contributed by atoms with van der Waals surface area (Å²) in [6, 6.07) is 17.5. The molecule has 1 N–H and O–H groups in total. The molecule has 0 atom stereocenters. The number of sulfonamides is 1. The molecule has 3 aromatic rings. The molecule has 36 heavy (non-hydrogen) atoms. The van der Waals surface area contributed by atoms with Crippen LogP contribution in [0.15, 0.2) is 54.6 Å². The Labute approximate surface area is 216 Å².